The van der Waals surface area contributed by atoms with Gasteiger partial charge in [-0.25, -0.2) is 0 Å². The summed E-state index contributed by atoms with van der Waals surface area (Å²) in [7, 11) is 0. The highest BCUT2D eigenvalue weighted by molar-refractivity contribution is 6.02. The minimum absolute atomic E-state index is 0.0856. The third-order valence-electron chi connectivity index (χ3n) is 2.62. The van der Waals surface area contributed by atoms with Gasteiger partial charge >= 0.3 is 0 Å². The van der Waals surface area contributed by atoms with Crippen molar-refractivity contribution in [1.29, 1.82) is 0 Å². The van der Waals surface area contributed by atoms with Crippen molar-refractivity contribution < 1.29 is 9.59 Å². The number of unbranched alkanes of at least 4 members (excludes halogenated alkanes) is 1. The van der Waals surface area contributed by atoms with Crippen molar-refractivity contribution in [2.75, 3.05) is 6.54 Å². The van der Waals surface area contributed by atoms with E-state index in [4.69, 9.17) is 0 Å². The van der Waals surface area contributed by atoms with E-state index in [0.29, 0.717) is 19.4 Å². The molecule has 84 valence electrons. The molecule has 0 aliphatic carbocycles. The molecule has 1 amide bonds. The van der Waals surface area contributed by atoms with Crippen molar-refractivity contribution >= 4 is 11.7 Å². The number of nitrogens with one attached hydrogen (secondary N) is 1. The van der Waals surface area contributed by atoms with E-state index in [-0.39, 0.29) is 17.6 Å². The molecule has 1 N–H and O–H groups in total. The number of rotatable bonds is 6. The number of ketones is 1. The van der Waals surface area contributed by atoms with Gasteiger partial charge in [0.05, 0.1) is 5.92 Å². The van der Waals surface area contributed by atoms with Gasteiger partial charge in [0.2, 0.25) is 5.91 Å². The summed E-state index contributed by atoms with van der Waals surface area (Å²) in [5, 5.41) is 2.68. The molecule has 1 aliphatic rings. The molecule has 0 aromatic rings. The predicted octanol–water partition coefficient (Wildman–Crippen LogP) is 1.83. The molecule has 1 aliphatic heterocycles. The molecule has 15 heavy (non-hydrogen) atoms. The van der Waals surface area contributed by atoms with E-state index < -0.39 is 0 Å². The van der Waals surface area contributed by atoms with E-state index in [9.17, 15) is 9.59 Å². The Morgan fingerprint density at radius 3 is 2.80 bits per heavy atom. The summed E-state index contributed by atoms with van der Waals surface area (Å²) in [5.74, 6) is -0.367. The highest BCUT2D eigenvalue weighted by Crippen LogP contribution is 2.13. The Kier molecular flexibility index (Phi) is 5.08. The molecule has 1 unspecified atom stereocenters. The van der Waals surface area contributed by atoms with Crippen LogP contribution < -0.4 is 5.32 Å². The Labute approximate surface area is 90.9 Å². The molecule has 0 aromatic heterocycles. The number of hydrogen-bond donors (Lipinski definition) is 1. The minimum Gasteiger partial charge on any atom is -0.355 e. The molecule has 0 spiro atoms. The maximum Gasteiger partial charge on any atom is 0.230 e. The van der Waals surface area contributed by atoms with E-state index >= 15 is 0 Å². The Morgan fingerprint density at radius 1 is 1.47 bits per heavy atom. The van der Waals surface area contributed by atoms with Crippen LogP contribution in [-0.4, -0.2) is 18.2 Å². The van der Waals surface area contributed by atoms with Crippen molar-refractivity contribution in [2.45, 2.75) is 39.0 Å². The summed E-state index contributed by atoms with van der Waals surface area (Å²) in [6.45, 7) is 2.78. The quantitative estimate of drug-likeness (QED) is 0.536. The van der Waals surface area contributed by atoms with Gasteiger partial charge in [0.25, 0.3) is 0 Å². The smallest absolute Gasteiger partial charge is 0.230 e. The summed E-state index contributed by atoms with van der Waals surface area (Å²) in [6.07, 6.45) is 8.28. The summed E-state index contributed by atoms with van der Waals surface area (Å²) in [4.78, 5) is 22.8. The van der Waals surface area contributed by atoms with Gasteiger partial charge in [-0.2, -0.15) is 0 Å². The first-order chi connectivity index (χ1) is 7.25. The molecule has 0 saturated carbocycles. The first kappa shape index (κ1) is 12.0. The Morgan fingerprint density at radius 2 is 2.20 bits per heavy atom. The molecule has 1 fully saturated rings. The Balaban J connectivity index is 2.21. The van der Waals surface area contributed by atoms with Crippen molar-refractivity contribution in [1.82, 2.24) is 5.32 Å². The SMILES string of the molecule is CCC/C=C/CCC(=O)C1CCNC1=O. The highest BCUT2D eigenvalue weighted by atomic mass is 16.2. The van der Waals surface area contributed by atoms with E-state index in [1.807, 2.05) is 6.08 Å². The van der Waals surface area contributed by atoms with Crippen LogP contribution in [-0.2, 0) is 9.59 Å². The van der Waals surface area contributed by atoms with E-state index in [0.717, 1.165) is 19.3 Å². The van der Waals surface area contributed by atoms with Crippen molar-refractivity contribution in [2.24, 2.45) is 5.92 Å². The van der Waals surface area contributed by atoms with E-state index in [1.165, 1.54) is 0 Å². The van der Waals surface area contributed by atoms with Gasteiger partial charge in [0.15, 0.2) is 0 Å². The molecule has 0 bridgehead atoms. The standard InChI is InChI=1S/C12H19NO2/c1-2-3-4-5-6-7-11(14)10-8-9-13-12(10)15/h4-5,10H,2-3,6-9H2,1H3,(H,13,15)/b5-4+. The molecular weight excluding hydrogens is 190 g/mol. The van der Waals surface area contributed by atoms with Gasteiger partial charge in [0.1, 0.15) is 5.78 Å². The summed E-state index contributed by atoms with van der Waals surface area (Å²) in [5.41, 5.74) is 0. The second-order valence-electron chi connectivity index (χ2n) is 3.90. The van der Waals surface area contributed by atoms with Crippen molar-refractivity contribution in [3.05, 3.63) is 12.2 Å². The summed E-state index contributed by atoms with van der Waals surface area (Å²) in [6, 6.07) is 0. The zero-order chi connectivity index (χ0) is 11.1. The largest absolute Gasteiger partial charge is 0.355 e. The minimum atomic E-state index is -0.371. The maximum atomic E-state index is 11.6. The van der Waals surface area contributed by atoms with Crippen LogP contribution in [0.1, 0.15) is 39.0 Å². The van der Waals surface area contributed by atoms with Crippen LogP contribution in [0.25, 0.3) is 0 Å². The number of allylic oxidation sites excluding steroid dienone is 2. The van der Waals surface area contributed by atoms with Crippen LogP contribution in [0.4, 0.5) is 0 Å². The number of amides is 1. The average Bonchev–Trinajstić information content (AvgIpc) is 2.64. The lowest BCUT2D eigenvalue weighted by Crippen LogP contribution is -2.24. The number of carbonyl (C=O) groups is 2. The Hall–Kier alpha value is -1.12. The van der Waals surface area contributed by atoms with Crippen LogP contribution in [0.15, 0.2) is 12.2 Å². The number of carbonyl (C=O) groups excluding carboxylic acids is 2. The maximum absolute atomic E-state index is 11.6. The zero-order valence-corrected chi connectivity index (χ0v) is 9.29. The fraction of sp³-hybridized carbons (Fsp3) is 0.667. The molecule has 1 heterocycles. The van der Waals surface area contributed by atoms with Gasteiger partial charge in [-0.1, -0.05) is 25.5 Å². The second kappa shape index (κ2) is 6.38. The van der Waals surface area contributed by atoms with Gasteiger partial charge in [-0.05, 0) is 19.3 Å². The first-order valence-corrected chi connectivity index (χ1v) is 5.71. The second-order valence-corrected chi connectivity index (χ2v) is 3.90. The van der Waals surface area contributed by atoms with Crippen molar-refractivity contribution in [3.63, 3.8) is 0 Å². The fourth-order valence-corrected chi connectivity index (χ4v) is 1.70. The topological polar surface area (TPSA) is 46.2 Å². The molecule has 3 heteroatoms. The molecule has 3 nitrogen and oxygen atoms in total. The van der Waals surface area contributed by atoms with Gasteiger partial charge in [0, 0.05) is 13.0 Å². The van der Waals surface area contributed by atoms with Crippen LogP contribution >= 0.6 is 0 Å². The van der Waals surface area contributed by atoms with Crippen LogP contribution in [0.5, 0.6) is 0 Å². The zero-order valence-electron chi connectivity index (χ0n) is 9.29. The molecule has 1 atom stereocenters. The van der Waals surface area contributed by atoms with Gasteiger partial charge < -0.3 is 5.32 Å². The predicted molar refractivity (Wildman–Crippen MR) is 59.4 cm³/mol. The summed E-state index contributed by atoms with van der Waals surface area (Å²) < 4.78 is 0. The molecule has 0 radical (unpaired) electrons. The average molecular weight is 209 g/mol. The number of hydrogen-bond acceptors (Lipinski definition) is 2. The monoisotopic (exact) mass is 209 g/mol. The first-order valence-electron chi connectivity index (χ1n) is 5.71. The molecular formula is C12H19NO2. The molecule has 1 rings (SSSR count). The van der Waals surface area contributed by atoms with Gasteiger partial charge in [-0.3, -0.25) is 9.59 Å². The summed E-state index contributed by atoms with van der Waals surface area (Å²) >= 11 is 0. The van der Waals surface area contributed by atoms with Crippen molar-refractivity contribution in [3.8, 4) is 0 Å². The molecule has 1 saturated heterocycles. The van der Waals surface area contributed by atoms with Gasteiger partial charge in [-0.15, -0.1) is 0 Å². The van der Waals surface area contributed by atoms with E-state index in [1.54, 1.807) is 0 Å². The lowest BCUT2D eigenvalue weighted by atomic mass is 9.99. The van der Waals surface area contributed by atoms with Crippen LogP contribution in [0, 0.1) is 5.92 Å². The fourth-order valence-electron chi connectivity index (χ4n) is 1.70. The van der Waals surface area contributed by atoms with Crippen LogP contribution in [0.3, 0.4) is 0 Å². The highest BCUT2D eigenvalue weighted by Gasteiger charge is 2.29. The normalized spacial score (nSPS) is 20.9. The third-order valence-corrected chi connectivity index (χ3v) is 2.62. The van der Waals surface area contributed by atoms with Crippen LogP contribution in [0.2, 0.25) is 0 Å². The lowest BCUT2D eigenvalue weighted by Gasteiger charge is -2.03. The Bertz CT molecular complexity index is 258. The lowest BCUT2D eigenvalue weighted by molar-refractivity contribution is -0.131. The third kappa shape index (κ3) is 3.86. The van der Waals surface area contributed by atoms with E-state index in [2.05, 4.69) is 18.3 Å². The number of Topliss-reactive ketones (excluding diaryl/α,β-unsaturated/α-hetero) is 1. The molecule has 0 aromatic carbocycles.